The van der Waals surface area contributed by atoms with E-state index in [9.17, 15) is 43.2 Å². The van der Waals surface area contributed by atoms with Gasteiger partial charge in [-0.15, -0.1) is 0 Å². The molecule has 0 heterocycles. The Bertz CT molecular complexity index is 1240. The normalized spacial score (nSPS) is 16.3. The summed E-state index contributed by atoms with van der Waals surface area (Å²) < 4.78 is 0. The van der Waals surface area contributed by atoms with Crippen LogP contribution in [0.2, 0.25) is 0 Å². The fraction of sp³-hybridized carbons (Fsp3) is 0.667. The van der Waals surface area contributed by atoms with Crippen LogP contribution in [0.3, 0.4) is 0 Å². The summed E-state index contributed by atoms with van der Waals surface area (Å²) >= 11 is 12.0. The standard InChI is InChI=1S/C27H47N9O10S3/c1-10(21(39)34-15(6)27(45)46)29-19(37)11(2)32-25(43)17(8-48)35-22(40)13(4)30-20(38)12(3)33-26(44)18(9-49)36-23(41)14(5)31-24(42)16(28)7-47/h10-18,47-49H,7-9,28H2,1-6H3,(H,29,37)(H,30,38)(H,31,42)(H,32,43)(H,33,44)(H,34,39)(H,35,40)(H,36,41)(H,45,46)/t10-,11-,12-,13-,14-,15-,16-,17-,18-/m0/s1. The van der Waals surface area contributed by atoms with Gasteiger partial charge < -0.3 is 53.4 Å². The van der Waals surface area contributed by atoms with Crippen LogP contribution in [0.4, 0.5) is 0 Å². The molecule has 0 aliphatic heterocycles. The summed E-state index contributed by atoms with van der Waals surface area (Å²) in [7, 11) is 0. The van der Waals surface area contributed by atoms with Crippen LogP contribution in [0.5, 0.6) is 0 Å². The number of aliphatic carboxylic acids is 1. The van der Waals surface area contributed by atoms with E-state index in [0.717, 1.165) is 0 Å². The van der Waals surface area contributed by atoms with Crippen LogP contribution in [0.15, 0.2) is 0 Å². The van der Waals surface area contributed by atoms with E-state index in [1.165, 1.54) is 41.5 Å². The number of rotatable bonds is 20. The van der Waals surface area contributed by atoms with Crippen LogP contribution in [0, 0.1) is 0 Å². The molecular weight excluding hydrogens is 707 g/mol. The minimum atomic E-state index is -1.27. The third kappa shape index (κ3) is 16.0. The molecule has 0 aliphatic rings. The van der Waals surface area contributed by atoms with E-state index in [0.29, 0.717) is 0 Å². The Morgan fingerprint density at radius 1 is 0.429 bits per heavy atom. The second-order valence-corrected chi connectivity index (χ2v) is 12.1. The summed E-state index contributed by atoms with van der Waals surface area (Å²) in [6.07, 6.45) is 0. The Labute approximate surface area is 300 Å². The van der Waals surface area contributed by atoms with Gasteiger partial charge in [-0.3, -0.25) is 43.2 Å². The van der Waals surface area contributed by atoms with Crippen molar-refractivity contribution in [2.24, 2.45) is 5.73 Å². The zero-order valence-corrected chi connectivity index (χ0v) is 30.5. The Morgan fingerprint density at radius 2 is 0.673 bits per heavy atom. The first-order valence-corrected chi connectivity index (χ1v) is 16.8. The van der Waals surface area contributed by atoms with Gasteiger partial charge in [-0.25, -0.2) is 0 Å². The summed E-state index contributed by atoms with van der Waals surface area (Å²) in [5.41, 5.74) is 5.57. The molecule has 0 fully saturated rings. The van der Waals surface area contributed by atoms with E-state index in [2.05, 4.69) is 80.4 Å². The van der Waals surface area contributed by atoms with Crippen LogP contribution in [0.25, 0.3) is 0 Å². The molecular formula is C27H47N9O10S3. The van der Waals surface area contributed by atoms with Crippen molar-refractivity contribution in [3.8, 4) is 0 Å². The highest BCUT2D eigenvalue weighted by molar-refractivity contribution is 7.80. The monoisotopic (exact) mass is 753 g/mol. The van der Waals surface area contributed by atoms with Gasteiger partial charge in [0.25, 0.3) is 0 Å². The van der Waals surface area contributed by atoms with Crippen molar-refractivity contribution in [3.05, 3.63) is 0 Å². The molecule has 0 radical (unpaired) electrons. The van der Waals surface area contributed by atoms with Gasteiger partial charge in [-0.2, -0.15) is 37.9 Å². The molecule has 0 aromatic rings. The van der Waals surface area contributed by atoms with Gasteiger partial charge in [0, 0.05) is 17.3 Å². The first-order chi connectivity index (χ1) is 22.7. The Kier molecular flexibility index (Phi) is 20.4. The SMILES string of the molecule is C[C@H](NC(=O)[C@H](C)NC(=O)[C@H](C)NC(=O)[C@H](CS)NC(=O)[C@H](C)NC(=O)[C@H](C)NC(=O)[C@H](CS)NC(=O)[C@H](C)NC(=O)[C@@H](N)CS)C(=O)O. The van der Waals surface area contributed by atoms with Crippen molar-refractivity contribution in [2.75, 3.05) is 17.3 Å². The van der Waals surface area contributed by atoms with E-state index >= 15 is 0 Å². The first-order valence-electron chi connectivity index (χ1n) is 14.9. The highest BCUT2D eigenvalue weighted by atomic mass is 32.1. The lowest BCUT2D eigenvalue weighted by atomic mass is 10.2. The quantitative estimate of drug-likeness (QED) is 0.0524. The zero-order chi connectivity index (χ0) is 38.2. The number of carbonyl (C=O) groups excluding carboxylic acids is 8. The molecule has 0 rings (SSSR count). The van der Waals surface area contributed by atoms with Gasteiger partial charge in [0.15, 0.2) is 0 Å². The predicted octanol–water partition coefficient (Wildman–Crippen LogP) is -4.81. The molecule has 0 spiro atoms. The van der Waals surface area contributed by atoms with Crippen molar-refractivity contribution in [1.29, 1.82) is 0 Å². The lowest BCUT2D eigenvalue weighted by Gasteiger charge is -2.24. The van der Waals surface area contributed by atoms with E-state index in [1.807, 2.05) is 0 Å². The molecule has 0 aromatic heterocycles. The third-order valence-corrected chi connectivity index (χ3v) is 7.78. The average Bonchev–Trinajstić information content (AvgIpc) is 3.04. The molecule has 0 bridgehead atoms. The molecule has 0 aliphatic carbocycles. The highest BCUT2D eigenvalue weighted by Crippen LogP contribution is 1.98. The fourth-order valence-corrected chi connectivity index (χ4v) is 4.10. The molecule has 49 heavy (non-hydrogen) atoms. The number of carboxylic acids is 1. The van der Waals surface area contributed by atoms with Crippen molar-refractivity contribution in [1.82, 2.24) is 42.5 Å². The summed E-state index contributed by atoms with van der Waals surface area (Å²) in [6.45, 7) is 7.90. The number of amides is 8. The molecule has 22 heteroatoms. The van der Waals surface area contributed by atoms with Gasteiger partial charge in [-0.1, -0.05) is 0 Å². The van der Waals surface area contributed by atoms with Crippen LogP contribution in [-0.2, 0) is 43.2 Å². The van der Waals surface area contributed by atoms with Gasteiger partial charge in [0.1, 0.15) is 48.3 Å². The molecule has 0 unspecified atom stereocenters. The maximum absolute atomic E-state index is 12.8. The molecule has 0 aromatic carbocycles. The first kappa shape index (κ1) is 45.2. The largest absolute Gasteiger partial charge is 0.480 e. The van der Waals surface area contributed by atoms with Crippen LogP contribution >= 0.6 is 37.9 Å². The summed E-state index contributed by atoms with van der Waals surface area (Å²) in [4.78, 5) is 111. The number of thiol groups is 3. The lowest BCUT2D eigenvalue weighted by molar-refractivity contribution is -0.141. The third-order valence-electron chi connectivity index (χ3n) is 6.65. The smallest absolute Gasteiger partial charge is 0.325 e. The number of nitrogens with one attached hydrogen (secondary N) is 8. The van der Waals surface area contributed by atoms with E-state index < -0.39 is 108 Å². The minimum Gasteiger partial charge on any atom is -0.480 e. The molecule has 9 atom stereocenters. The molecule has 8 amide bonds. The van der Waals surface area contributed by atoms with Gasteiger partial charge >= 0.3 is 5.97 Å². The second kappa shape index (κ2) is 22.1. The summed E-state index contributed by atoms with van der Waals surface area (Å²) in [5, 5.41) is 27.8. The molecule has 278 valence electrons. The Morgan fingerprint density at radius 3 is 0.939 bits per heavy atom. The zero-order valence-electron chi connectivity index (χ0n) is 27.9. The number of nitrogens with two attached hydrogens (primary N) is 1. The van der Waals surface area contributed by atoms with Crippen LogP contribution in [-0.4, -0.2) is 130 Å². The van der Waals surface area contributed by atoms with Gasteiger partial charge in [0.05, 0.1) is 6.04 Å². The number of hydrogen-bond acceptors (Lipinski definition) is 13. The van der Waals surface area contributed by atoms with Gasteiger partial charge in [0.2, 0.25) is 47.3 Å². The molecule has 11 N–H and O–H groups in total. The Balaban J connectivity index is 5.04. The second-order valence-electron chi connectivity index (χ2n) is 11.0. The number of carbonyl (C=O) groups is 9. The maximum atomic E-state index is 12.8. The predicted molar refractivity (Wildman–Crippen MR) is 187 cm³/mol. The summed E-state index contributed by atoms with van der Waals surface area (Å²) in [6, 6.07) is -10.3. The van der Waals surface area contributed by atoms with Crippen LogP contribution < -0.4 is 48.3 Å². The molecule has 0 saturated heterocycles. The molecule has 0 saturated carbocycles. The van der Waals surface area contributed by atoms with Crippen molar-refractivity contribution in [2.45, 2.75) is 95.9 Å². The average molecular weight is 754 g/mol. The Hall–Kier alpha value is -3.76. The lowest BCUT2D eigenvalue weighted by Crippen LogP contribution is -2.59. The number of carboxylic acid groups (broad SMARTS) is 1. The minimum absolute atomic E-state index is 0.0513. The van der Waals surface area contributed by atoms with Crippen LogP contribution in [0.1, 0.15) is 41.5 Å². The van der Waals surface area contributed by atoms with E-state index in [4.69, 9.17) is 10.8 Å². The maximum Gasteiger partial charge on any atom is 0.325 e. The van der Waals surface area contributed by atoms with Gasteiger partial charge in [-0.05, 0) is 41.5 Å². The highest BCUT2D eigenvalue weighted by Gasteiger charge is 2.30. The molecule has 19 nitrogen and oxygen atoms in total. The van der Waals surface area contributed by atoms with Crippen molar-refractivity contribution < 1.29 is 48.3 Å². The summed E-state index contributed by atoms with van der Waals surface area (Å²) in [5.74, 6) is -7.59. The fourth-order valence-electron chi connectivity index (χ4n) is 3.42. The van der Waals surface area contributed by atoms with E-state index in [-0.39, 0.29) is 17.3 Å². The van der Waals surface area contributed by atoms with Crippen molar-refractivity contribution >= 4 is 91.1 Å². The topological polar surface area (TPSA) is 296 Å². The number of hydrogen-bond donors (Lipinski definition) is 13. The van der Waals surface area contributed by atoms with E-state index in [1.54, 1.807) is 0 Å². The van der Waals surface area contributed by atoms with Crippen molar-refractivity contribution in [3.63, 3.8) is 0 Å².